The predicted molar refractivity (Wildman–Crippen MR) is 79.1 cm³/mol. The Balaban J connectivity index is 2.66. The Hall–Kier alpha value is -1.45. The lowest BCUT2D eigenvalue weighted by atomic mass is 10.4. The average molecular weight is 334 g/mol. The molecule has 1 heterocycles. The molecule has 0 bridgehead atoms. The number of carboxylic acid groups (broad SMARTS) is 1. The summed E-state index contributed by atoms with van der Waals surface area (Å²) >= 11 is 0.902. The van der Waals surface area contributed by atoms with Crippen molar-refractivity contribution >= 4 is 33.2 Å². The van der Waals surface area contributed by atoms with E-state index in [1.165, 1.54) is 0 Å². The van der Waals surface area contributed by atoms with Crippen molar-refractivity contribution in [1.29, 1.82) is 0 Å². The Kier molecular flexibility index (Phi) is 6.31. The zero-order chi connectivity index (χ0) is 16.0. The maximum Gasteiger partial charge on any atom is 0.345 e. The minimum Gasteiger partial charge on any atom is -0.477 e. The molecule has 1 aromatic heterocycles. The first kappa shape index (κ1) is 17.6. The second kappa shape index (κ2) is 7.53. The Morgan fingerprint density at radius 2 is 2.00 bits per heavy atom. The number of carbonyl (C=O) groups is 2. The molecule has 1 rings (SSSR count). The first-order valence-corrected chi connectivity index (χ1v) is 8.68. The molecule has 21 heavy (non-hydrogen) atoms. The van der Waals surface area contributed by atoms with Gasteiger partial charge in [0.05, 0.1) is 4.90 Å². The highest BCUT2D eigenvalue weighted by molar-refractivity contribution is 7.89. The first-order valence-electron chi connectivity index (χ1n) is 6.38. The molecule has 0 aliphatic heterocycles. The summed E-state index contributed by atoms with van der Waals surface area (Å²) in [5, 5.41) is 11.5. The summed E-state index contributed by atoms with van der Waals surface area (Å²) in [5.74, 6) is -1.39. The molecule has 0 fully saturated rings. The van der Waals surface area contributed by atoms with E-state index in [9.17, 15) is 18.0 Å². The average Bonchev–Trinajstić information content (AvgIpc) is 2.79. The Bertz CT molecular complexity index is 622. The highest BCUT2D eigenvalue weighted by atomic mass is 32.2. The smallest absolute Gasteiger partial charge is 0.345 e. The van der Waals surface area contributed by atoms with Gasteiger partial charge in [-0.05, 0) is 19.4 Å². The second-order valence-electron chi connectivity index (χ2n) is 4.33. The number of aryl methyl sites for hydroxylation is 1. The highest BCUT2D eigenvalue weighted by Crippen LogP contribution is 2.25. The lowest BCUT2D eigenvalue weighted by molar-refractivity contribution is -0.120. The molecule has 0 unspecified atom stereocenters. The van der Waals surface area contributed by atoms with Crippen LogP contribution in [0.15, 0.2) is 11.0 Å². The fourth-order valence-electron chi connectivity index (χ4n) is 1.57. The molecule has 1 amide bonds. The van der Waals surface area contributed by atoms with Crippen LogP contribution >= 0.6 is 11.3 Å². The van der Waals surface area contributed by atoms with Crippen LogP contribution in [-0.4, -0.2) is 38.5 Å². The third-order valence-corrected chi connectivity index (χ3v) is 5.34. The van der Waals surface area contributed by atoms with Gasteiger partial charge in [-0.15, -0.1) is 11.3 Å². The van der Waals surface area contributed by atoms with Gasteiger partial charge in [-0.2, -0.15) is 0 Å². The zero-order valence-electron chi connectivity index (χ0n) is 11.8. The van der Waals surface area contributed by atoms with Gasteiger partial charge in [-0.1, -0.05) is 6.92 Å². The fraction of sp³-hybridized carbons (Fsp3) is 0.500. The monoisotopic (exact) mass is 334 g/mol. The number of aromatic carboxylic acids is 1. The van der Waals surface area contributed by atoms with Gasteiger partial charge in [0.1, 0.15) is 4.88 Å². The summed E-state index contributed by atoms with van der Waals surface area (Å²) in [6, 6.07) is 1.13. The molecule has 0 saturated carbocycles. The molecule has 0 radical (unpaired) electrons. The van der Waals surface area contributed by atoms with E-state index >= 15 is 0 Å². The zero-order valence-corrected chi connectivity index (χ0v) is 13.4. The molecule has 0 aromatic carbocycles. The molecular formula is C12H18N2O5S2. The molecule has 7 nitrogen and oxygen atoms in total. The molecule has 0 aliphatic rings. The van der Waals surface area contributed by atoms with Crippen LogP contribution in [0.2, 0.25) is 0 Å². The highest BCUT2D eigenvalue weighted by Gasteiger charge is 2.21. The van der Waals surface area contributed by atoms with Crippen molar-refractivity contribution in [2.24, 2.45) is 0 Å². The number of rotatable bonds is 8. The van der Waals surface area contributed by atoms with Gasteiger partial charge in [0, 0.05) is 24.4 Å². The van der Waals surface area contributed by atoms with Crippen molar-refractivity contribution in [2.45, 2.75) is 31.6 Å². The van der Waals surface area contributed by atoms with Crippen LogP contribution in [-0.2, 0) is 14.8 Å². The van der Waals surface area contributed by atoms with Crippen LogP contribution < -0.4 is 10.0 Å². The van der Waals surface area contributed by atoms with Gasteiger partial charge in [-0.3, -0.25) is 4.79 Å². The lowest BCUT2D eigenvalue weighted by Crippen LogP contribution is -2.31. The van der Waals surface area contributed by atoms with Crippen molar-refractivity contribution in [2.75, 3.05) is 13.1 Å². The molecule has 0 saturated heterocycles. The van der Waals surface area contributed by atoms with Gasteiger partial charge in [-0.25, -0.2) is 17.9 Å². The summed E-state index contributed by atoms with van der Waals surface area (Å²) in [5.41, 5.74) is 0. The third-order valence-electron chi connectivity index (χ3n) is 2.59. The molecule has 1 aromatic rings. The van der Waals surface area contributed by atoms with Gasteiger partial charge in [0.2, 0.25) is 15.9 Å². The first-order chi connectivity index (χ1) is 9.77. The van der Waals surface area contributed by atoms with Crippen LogP contribution in [0, 0.1) is 6.92 Å². The summed E-state index contributed by atoms with van der Waals surface area (Å²) in [6.07, 6.45) is 0.845. The number of carboxylic acids is 1. The maximum atomic E-state index is 12.1. The van der Waals surface area contributed by atoms with Crippen molar-refractivity contribution < 1.29 is 23.1 Å². The molecule has 3 N–H and O–H groups in total. The largest absolute Gasteiger partial charge is 0.477 e. The quantitative estimate of drug-likeness (QED) is 0.655. The van der Waals surface area contributed by atoms with Crippen LogP contribution in [0.5, 0.6) is 0 Å². The number of carbonyl (C=O) groups excluding carboxylic acids is 1. The Morgan fingerprint density at radius 3 is 2.52 bits per heavy atom. The standard InChI is InChI=1S/C12H18N2O5S2/c1-3-5-13-11(15)4-6-14-21(18,19)10-7-9(12(16)17)20-8(10)2/h7,14H,3-6H2,1-2H3,(H,13,15)(H,16,17). The van der Waals surface area contributed by atoms with E-state index in [1.807, 2.05) is 6.92 Å². The van der Waals surface area contributed by atoms with Crippen molar-refractivity contribution in [1.82, 2.24) is 10.0 Å². The number of amides is 1. The second-order valence-corrected chi connectivity index (χ2v) is 7.33. The van der Waals surface area contributed by atoms with E-state index < -0.39 is 16.0 Å². The van der Waals surface area contributed by atoms with Crippen LogP contribution in [0.3, 0.4) is 0 Å². The fourth-order valence-corrected chi connectivity index (χ4v) is 4.03. The minimum absolute atomic E-state index is 0.0322. The number of hydrogen-bond acceptors (Lipinski definition) is 5. The molecule has 0 spiro atoms. The number of hydrogen-bond donors (Lipinski definition) is 3. The third kappa shape index (κ3) is 5.10. The molecule has 0 atom stereocenters. The van der Waals surface area contributed by atoms with Crippen molar-refractivity contribution in [3.05, 3.63) is 15.8 Å². The summed E-state index contributed by atoms with van der Waals surface area (Å²) in [4.78, 5) is 22.5. The maximum absolute atomic E-state index is 12.1. The van der Waals surface area contributed by atoms with E-state index in [4.69, 9.17) is 5.11 Å². The minimum atomic E-state index is -3.80. The lowest BCUT2D eigenvalue weighted by Gasteiger charge is -2.06. The van der Waals surface area contributed by atoms with E-state index in [2.05, 4.69) is 10.0 Å². The molecule has 9 heteroatoms. The van der Waals surface area contributed by atoms with Crippen LogP contribution in [0.25, 0.3) is 0 Å². The van der Waals surface area contributed by atoms with Gasteiger partial charge in [0.25, 0.3) is 0 Å². The normalized spacial score (nSPS) is 11.3. The van der Waals surface area contributed by atoms with E-state index in [-0.39, 0.29) is 28.6 Å². The molecular weight excluding hydrogens is 316 g/mol. The number of sulfonamides is 1. The summed E-state index contributed by atoms with van der Waals surface area (Å²) in [7, 11) is -3.80. The van der Waals surface area contributed by atoms with Gasteiger partial charge < -0.3 is 10.4 Å². The van der Waals surface area contributed by atoms with Crippen molar-refractivity contribution in [3.8, 4) is 0 Å². The van der Waals surface area contributed by atoms with Gasteiger partial charge in [0.15, 0.2) is 0 Å². The van der Waals surface area contributed by atoms with Crippen molar-refractivity contribution in [3.63, 3.8) is 0 Å². The molecule has 118 valence electrons. The van der Waals surface area contributed by atoms with Gasteiger partial charge >= 0.3 is 5.97 Å². The van der Waals surface area contributed by atoms with E-state index in [0.717, 1.165) is 23.8 Å². The van der Waals surface area contributed by atoms with E-state index in [0.29, 0.717) is 11.4 Å². The summed E-state index contributed by atoms with van der Waals surface area (Å²) < 4.78 is 26.4. The van der Waals surface area contributed by atoms with Crippen LogP contribution in [0.4, 0.5) is 0 Å². The Labute approximate surface area is 127 Å². The van der Waals surface area contributed by atoms with Crippen LogP contribution in [0.1, 0.15) is 34.3 Å². The number of thiophene rings is 1. The number of nitrogens with one attached hydrogen (secondary N) is 2. The van der Waals surface area contributed by atoms with E-state index in [1.54, 1.807) is 6.92 Å². The topological polar surface area (TPSA) is 113 Å². The predicted octanol–water partition coefficient (Wildman–Crippen LogP) is 0.949. The summed E-state index contributed by atoms with van der Waals surface area (Å²) in [6.45, 7) is 3.98. The Morgan fingerprint density at radius 1 is 1.33 bits per heavy atom. The SMILES string of the molecule is CCCNC(=O)CCNS(=O)(=O)c1cc(C(=O)O)sc1C. The molecule has 0 aliphatic carbocycles.